The van der Waals surface area contributed by atoms with Gasteiger partial charge in [0, 0.05) is 19.0 Å². The molecule has 1 aliphatic heterocycles. The van der Waals surface area contributed by atoms with Gasteiger partial charge in [0.1, 0.15) is 0 Å². The lowest BCUT2D eigenvalue weighted by Gasteiger charge is -2.27. The standard InChI is InChI=1S/C14H19NO/c1-12-7-5-6-10-14(16)15(12)11-13-8-3-2-4-9-13/h2-4,8-9,12H,5-7,10-11H2,1H3/t12-/m1/s1. The minimum absolute atomic E-state index is 0.314. The maximum Gasteiger partial charge on any atom is 0.223 e. The normalized spacial score (nSPS) is 21.9. The van der Waals surface area contributed by atoms with Crippen molar-refractivity contribution in [2.24, 2.45) is 0 Å². The largest absolute Gasteiger partial charge is 0.336 e. The maximum absolute atomic E-state index is 12.0. The van der Waals surface area contributed by atoms with Crippen LogP contribution in [0.2, 0.25) is 0 Å². The maximum atomic E-state index is 12.0. The van der Waals surface area contributed by atoms with E-state index in [2.05, 4.69) is 19.1 Å². The molecule has 0 N–H and O–H groups in total. The molecular weight excluding hydrogens is 198 g/mol. The van der Waals surface area contributed by atoms with E-state index in [9.17, 15) is 4.79 Å². The topological polar surface area (TPSA) is 20.3 Å². The van der Waals surface area contributed by atoms with Crippen molar-refractivity contribution in [2.45, 2.75) is 45.2 Å². The lowest BCUT2D eigenvalue weighted by atomic mass is 10.1. The van der Waals surface area contributed by atoms with E-state index in [1.165, 1.54) is 12.0 Å². The van der Waals surface area contributed by atoms with Crippen LogP contribution < -0.4 is 0 Å². The Morgan fingerprint density at radius 2 is 2.00 bits per heavy atom. The number of carbonyl (C=O) groups excluding carboxylic acids is 1. The Balaban J connectivity index is 2.09. The Bertz CT molecular complexity index is 347. The molecule has 2 rings (SSSR count). The van der Waals surface area contributed by atoms with Crippen LogP contribution in [-0.4, -0.2) is 16.8 Å². The lowest BCUT2D eigenvalue weighted by Crippen LogP contribution is -2.36. The van der Waals surface area contributed by atoms with Crippen molar-refractivity contribution in [3.05, 3.63) is 35.9 Å². The highest BCUT2D eigenvalue weighted by atomic mass is 16.2. The first kappa shape index (κ1) is 11.2. The smallest absolute Gasteiger partial charge is 0.223 e. The molecule has 0 unspecified atom stereocenters. The van der Waals surface area contributed by atoms with Gasteiger partial charge in [-0.2, -0.15) is 0 Å². The molecule has 1 aromatic rings. The molecule has 1 saturated heterocycles. The third kappa shape index (κ3) is 2.63. The molecule has 86 valence electrons. The van der Waals surface area contributed by atoms with Gasteiger partial charge < -0.3 is 4.90 Å². The van der Waals surface area contributed by atoms with Gasteiger partial charge in [-0.3, -0.25) is 4.79 Å². The predicted octanol–water partition coefficient (Wildman–Crippen LogP) is 2.98. The van der Waals surface area contributed by atoms with Crippen molar-refractivity contribution < 1.29 is 4.79 Å². The monoisotopic (exact) mass is 217 g/mol. The lowest BCUT2D eigenvalue weighted by molar-refractivity contribution is -0.133. The third-order valence-electron chi connectivity index (χ3n) is 3.31. The molecule has 0 radical (unpaired) electrons. The molecule has 0 spiro atoms. The van der Waals surface area contributed by atoms with Gasteiger partial charge >= 0.3 is 0 Å². The second kappa shape index (κ2) is 5.15. The van der Waals surface area contributed by atoms with Crippen molar-refractivity contribution in [1.29, 1.82) is 0 Å². The van der Waals surface area contributed by atoms with Gasteiger partial charge in [-0.1, -0.05) is 36.8 Å². The van der Waals surface area contributed by atoms with Crippen molar-refractivity contribution >= 4 is 5.91 Å². The van der Waals surface area contributed by atoms with Gasteiger partial charge in [0.15, 0.2) is 0 Å². The first-order chi connectivity index (χ1) is 7.77. The fraction of sp³-hybridized carbons (Fsp3) is 0.500. The Morgan fingerprint density at radius 1 is 1.25 bits per heavy atom. The van der Waals surface area contributed by atoms with Crippen molar-refractivity contribution in [2.75, 3.05) is 0 Å². The van der Waals surface area contributed by atoms with Crippen molar-refractivity contribution in [3.63, 3.8) is 0 Å². The number of hydrogen-bond acceptors (Lipinski definition) is 1. The zero-order valence-corrected chi connectivity index (χ0v) is 9.86. The van der Waals surface area contributed by atoms with E-state index in [1.54, 1.807) is 0 Å². The van der Waals surface area contributed by atoms with Crippen molar-refractivity contribution in [3.8, 4) is 0 Å². The summed E-state index contributed by atoms with van der Waals surface area (Å²) in [6, 6.07) is 10.6. The van der Waals surface area contributed by atoms with Gasteiger partial charge in [0.2, 0.25) is 5.91 Å². The number of amides is 1. The van der Waals surface area contributed by atoms with E-state index in [1.807, 2.05) is 23.1 Å². The van der Waals surface area contributed by atoms with Crippen LogP contribution in [0.1, 0.15) is 38.2 Å². The first-order valence-electron chi connectivity index (χ1n) is 6.11. The van der Waals surface area contributed by atoms with E-state index in [0.717, 1.165) is 25.8 Å². The van der Waals surface area contributed by atoms with E-state index in [0.29, 0.717) is 11.9 Å². The minimum Gasteiger partial charge on any atom is -0.336 e. The van der Waals surface area contributed by atoms with Gasteiger partial charge in [-0.15, -0.1) is 0 Å². The van der Waals surface area contributed by atoms with Crippen LogP contribution in [0.15, 0.2) is 30.3 Å². The predicted molar refractivity (Wildman–Crippen MR) is 64.9 cm³/mol. The summed E-state index contributed by atoms with van der Waals surface area (Å²) in [5.41, 5.74) is 1.23. The van der Waals surface area contributed by atoms with Crippen molar-refractivity contribution in [1.82, 2.24) is 4.90 Å². The van der Waals surface area contributed by atoms with E-state index in [4.69, 9.17) is 0 Å². The Hall–Kier alpha value is -1.31. The number of likely N-dealkylation sites (tertiary alicyclic amines) is 1. The second-order valence-corrected chi connectivity index (χ2v) is 4.60. The van der Waals surface area contributed by atoms with Crippen LogP contribution in [0, 0.1) is 0 Å². The average molecular weight is 217 g/mol. The number of benzene rings is 1. The highest BCUT2D eigenvalue weighted by Crippen LogP contribution is 2.19. The highest BCUT2D eigenvalue weighted by molar-refractivity contribution is 5.76. The molecule has 0 saturated carbocycles. The summed E-state index contributed by atoms with van der Waals surface area (Å²) < 4.78 is 0. The Labute approximate surface area is 97.3 Å². The zero-order chi connectivity index (χ0) is 11.4. The Kier molecular flexibility index (Phi) is 3.60. The quantitative estimate of drug-likeness (QED) is 0.745. The summed E-state index contributed by atoms with van der Waals surface area (Å²) in [4.78, 5) is 14.0. The van der Waals surface area contributed by atoms with Gasteiger partial charge in [0.05, 0.1) is 0 Å². The van der Waals surface area contributed by atoms with Crippen LogP contribution in [0.4, 0.5) is 0 Å². The van der Waals surface area contributed by atoms with Gasteiger partial charge in [-0.05, 0) is 25.3 Å². The first-order valence-corrected chi connectivity index (χ1v) is 6.11. The Morgan fingerprint density at radius 3 is 2.75 bits per heavy atom. The molecule has 1 aromatic carbocycles. The average Bonchev–Trinajstić information content (AvgIpc) is 2.46. The molecule has 0 bridgehead atoms. The van der Waals surface area contributed by atoms with Crippen LogP contribution in [0.5, 0.6) is 0 Å². The van der Waals surface area contributed by atoms with Gasteiger partial charge in [-0.25, -0.2) is 0 Å². The summed E-state index contributed by atoms with van der Waals surface area (Å²) >= 11 is 0. The van der Waals surface area contributed by atoms with Crippen LogP contribution in [-0.2, 0) is 11.3 Å². The number of rotatable bonds is 2. The summed E-state index contributed by atoms with van der Waals surface area (Å²) in [7, 11) is 0. The van der Waals surface area contributed by atoms with Gasteiger partial charge in [0.25, 0.3) is 0 Å². The van der Waals surface area contributed by atoms with Crippen LogP contribution in [0.25, 0.3) is 0 Å². The molecule has 1 heterocycles. The van der Waals surface area contributed by atoms with E-state index in [-0.39, 0.29) is 0 Å². The van der Waals surface area contributed by atoms with Crippen LogP contribution in [0.3, 0.4) is 0 Å². The third-order valence-corrected chi connectivity index (χ3v) is 3.31. The molecule has 2 nitrogen and oxygen atoms in total. The molecule has 1 amide bonds. The molecule has 0 aliphatic carbocycles. The number of hydrogen-bond donors (Lipinski definition) is 0. The SMILES string of the molecule is C[C@@H]1CCCCC(=O)N1Cc1ccccc1. The van der Waals surface area contributed by atoms with E-state index >= 15 is 0 Å². The fourth-order valence-electron chi connectivity index (χ4n) is 2.29. The molecule has 2 heteroatoms. The highest BCUT2D eigenvalue weighted by Gasteiger charge is 2.22. The summed E-state index contributed by atoms with van der Waals surface area (Å²) in [6.07, 6.45) is 4.09. The minimum atomic E-state index is 0.314. The summed E-state index contributed by atoms with van der Waals surface area (Å²) in [5, 5.41) is 0. The molecular formula is C14H19NO. The second-order valence-electron chi connectivity index (χ2n) is 4.60. The van der Waals surface area contributed by atoms with E-state index < -0.39 is 0 Å². The molecule has 1 fully saturated rings. The summed E-state index contributed by atoms with van der Waals surface area (Å²) in [6.45, 7) is 2.92. The van der Waals surface area contributed by atoms with Crippen LogP contribution >= 0.6 is 0 Å². The number of carbonyl (C=O) groups is 1. The molecule has 1 aliphatic rings. The fourth-order valence-corrected chi connectivity index (χ4v) is 2.29. The molecule has 0 aromatic heterocycles. The zero-order valence-electron chi connectivity index (χ0n) is 9.86. The molecule has 16 heavy (non-hydrogen) atoms. The summed E-state index contributed by atoms with van der Waals surface area (Å²) in [5.74, 6) is 0.314. The number of nitrogens with zero attached hydrogens (tertiary/aromatic N) is 1. The molecule has 1 atom stereocenters.